The molecule has 0 aromatic carbocycles. The summed E-state index contributed by atoms with van der Waals surface area (Å²) in [7, 11) is -0.289. The third kappa shape index (κ3) is 2.64. The second-order valence-electron chi connectivity index (χ2n) is 5.93. The number of nitrogens with zero attached hydrogens (tertiary/aromatic N) is 4. The van der Waals surface area contributed by atoms with E-state index in [4.69, 9.17) is 0 Å². The maximum atomic E-state index is 4.42. The lowest BCUT2D eigenvalue weighted by Crippen LogP contribution is -2.21. The zero-order valence-electron chi connectivity index (χ0n) is 13.4. The molecule has 0 amide bonds. The molecule has 3 aromatic heterocycles. The Balaban J connectivity index is 2.18. The summed E-state index contributed by atoms with van der Waals surface area (Å²) >= 11 is 0. The highest BCUT2D eigenvalue weighted by Crippen LogP contribution is 2.44. The Labute approximate surface area is 132 Å². The van der Waals surface area contributed by atoms with Crippen molar-refractivity contribution in [3.05, 3.63) is 42.6 Å². The van der Waals surface area contributed by atoms with E-state index in [0.29, 0.717) is 11.3 Å². The number of hydrogen-bond donors (Lipinski definition) is 0. The molecule has 22 heavy (non-hydrogen) atoms. The maximum absolute atomic E-state index is 4.42. The standard InChI is InChI=1S/C17H21N4P/c1-12(2)22(13(3)4)16-10-7-9-15-17(19-20-21(15)16)14-8-5-6-11-18-14/h5-13H,1-4H3. The van der Waals surface area contributed by atoms with Crippen LogP contribution in [-0.2, 0) is 0 Å². The zero-order chi connectivity index (χ0) is 15.7. The van der Waals surface area contributed by atoms with E-state index in [2.05, 4.69) is 61.2 Å². The van der Waals surface area contributed by atoms with Crippen LogP contribution in [0, 0.1) is 0 Å². The molecule has 114 valence electrons. The highest BCUT2D eigenvalue weighted by Gasteiger charge is 2.23. The molecule has 0 aliphatic carbocycles. The van der Waals surface area contributed by atoms with Crippen molar-refractivity contribution in [2.75, 3.05) is 0 Å². The molecule has 3 aromatic rings. The van der Waals surface area contributed by atoms with Crippen LogP contribution in [-0.4, -0.2) is 31.1 Å². The number of hydrogen-bond acceptors (Lipinski definition) is 3. The molecule has 3 rings (SSSR count). The fraction of sp³-hybridized carbons (Fsp3) is 0.353. The lowest BCUT2D eigenvalue weighted by atomic mass is 10.2. The Kier molecular flexibility index (Phi) is 4.21. The van der Waals surface area contributed by atoms with Crippen molar-refractivity contribution in [1.29, 1.82) is 0 Å². The van der Waals surface area contributed by atoms with E-state index in [1.807, 2.05) is 22.7 Å². The van der Waals surface area contributed by atoms with Gasteiger partial charge in [-0.25, -0.2) is 4.52 Å². The van der Waals surface area contributed by atoms with Gasteiger partial charge in [0.15, 0.2) is 0 Å². The Morgan fingerprint density at radius 2 is 1.73 bits per heavy atom. The minimum absolute atomic E-state index is 0.289. The first-order valence-electron chi connectivity index (χ1n) is 7.63. The first kappa shape index (κ1) is 15.1. The van der Waals surface area contributed by atoms with Crippen LogP contribution in [0.5, 0.6) is 0 Å². The summed E-state index contributed by atoms with van der Waals surface area (Å²) in [5.41, 5.74) is 5.27. The predicted molar refractivity (Wildman–Crippen MR) is 93.0 cm³/mol. The number of rotatable bonds is 4. The summed E-state index contributed by atoms with van der Waals surface area (Å²) in [5.74, 6) is 0. The highest BCUT2D eigenvalue weighted by molar-refractivity contribution is 7.66. The van der Waals surface area contributed by atoms with E-state index in [-0.39, 0.29) is 7.92 Å². The molecule has 0 bridgehead atoms. The maximum Gasteiger partial charge on any atom is 0.139 e. The largest absolute Gasteiger partial charge is 0.254 e. The summed E-state index contributed by atoms with van der Waals surface area (Å²) in [4.78, 5) is 4.41. The fourth-order valence-electron chi connectivity index (χ4n) is 2.91. The molecule has 5 heteroatoms. The molecule has 3 heterocycles. The summed E-state index contributed by atoms with van der Waals surface area (Å²) in [6.45, 7) is 9.17. The molecular weight excluding hydrogens is 291 g/mol. The summed E-state index contributed by atoms with van der Waals surface area (Å²) in [6, 6.07) is 12.2. The van der Waals surface area contributed by atoms with E-state index in [0.717, 1.165) is 16.9 Å². The second-order valence-corrected chi connectivity index (χ2v) is 9.27. The lowest BCUT2D eigenvalue weighted by molar-refractivity contribution is 0.870. The van der Waals surface area contributed by atoms with Gasteiger partial charge in [0.2, 0.25) is 0 Å². The summed E-state index contributed by atoms with van der Waals surface area (Å²) in [6.07, 6.45) is 1.79. The van der Waals surface area contributed by atoms with Crippen molar-refractivity contribution in [1.82, 2.24) is 19.8 Å². The van der Waals surface area contributed by atoms with Crippen LogP contribution in [0.2, 0.25) is 0 Å². The molecule has 0 saturated carbocycles. The number of pyridine rings is 2. The Morgan fingerprint density at radius 1 is 0.955 bits per heavy atom. The normalized spacial score (nSPS) is 12.0. The quantitative estimate of drug-likeness (QED) is 0.690. The second kappa shape index (κ2) is 6.13. The minimum Gasteiger partial charge on any atom is -0.254 e. The first-order chi connectivity index (χ1) is 10.6. The van der Waals surface area contributed by atoms with E-state index >= 15 is 0 Å². The van der Waals surface area contributed by atoms with Crippen molar-refractivity contribution < 1.29 is 0 Å². The van der Waals surface area contributed by atoms with Gasteiger partial charge in [-0.05, 0) is 43.5 Å². The molecule has 0 N–H and O–H groups in total. The van der Waals surface area contributed by atoms with E-state index < -0.39 is 0 Å². The predicted octanol–water partition coefficient (Wildman–Crippen LogP) is 3.72. The molecule has 0 radical (unpaired) electrons. The van der Waals surface area contributed by atoms with Gasteiger partial charge in [-0.15, -0.1) is 5.10 Å². The molecular formula is C17H21N4P. The molecule has 0 atom stereocenters. The van der Waals surface area contributed by atoms with E-state index in [1.54, 1.807) is 6.20 Å². The average molecular weight is 312 g/mol. The molecule has 0 aliphatic heterocycles. The van der Waals surface area contributed by atoms with E-state index in [9.17, 15) is 0 Å². The average Bonchev–Trinajstić information content (AvgIpc) is 2.92. The molecule has 0 unspecified atom stereocenters. The van der Waals surface area contributed by atoms with Gasteiger partial charge in [0.1, 0.15) is 5.69 Å². The topological polar surface area (TPSA) is 43.1 Å². The Bertz CT molecular complexity index is 757. The van der Waals surface area contributed by atoms with Gasteiger partial charge >= 0.3 is 0 Å². The third-order valence-electron chi connectivity index (χ3n) is 3.71. The molecule has 0 saturated heterocycles. The Hall–Kier alpha value is -1.80. The third-order valence-corrected chi connectivity index (χ3v) is 6.80. The van der Waals surface area contributed by atoms with Crippen LogP contribution in [0.4, 0.5) is 0 Å². The van der Waals surface area contributed by atoms with E-state index in [1.165, 1.54) is 5.44 Å². The molecule has 4 nitrogen and oxygen atoms in total. The monoisotopic (exact) mass is 312 g/mol. The van der Waals surface area contributed by atoms with Crippen molar-refractivity contribution in [2.45, 2.75) is 39.0 Å². The van der Waals surface area contributed by atoms with Gasteiger partial charge in [0, 0.05) is 6.20 Å². The molecule has 0 spiro atoms. The minimum atomic E-state index is -0.289. The van der Waals surface area contributed by atoms with Crippen LogP contribution in [0.1, 0.15) is 27.7 Å². The van der Waals surface area contributed by atoms with Gasteiger partial charge in [0.05, 0.1) is 16.6 Å². The number of fused-ring (bicyclic) bond motifs is 1. The van der Waals surface area contributed by atoms with Crippen LogP contribution in [0.25, 0.3) is 16.9 Å². The van der Waals surface area contributed by atoms with Gasteiger partial charge in [0.25, 0.3) is 0 Å². The van der Waals surface area contributed by atoms with Gasteiger partial charge < -0.3 is 0 Å². The first-order valence-corrected chi connectivity index (χ1v) is 9.11. The van der Waals surface area contributed by atoms with Crippen LogP contribution in [0.15, 0.2) is 42.6 Å². The van der Waals surface area contributed by atoms with Gasteiger partial charge in [-0.1, -0.05) is 45.0 Å². The smallest absolute Gasteiger partial charge is 0.139 e. The van der Waals surface area contributed by atoms with Crippen molar-refractivity contribution in [2.24, 2.45) is 0 Å². The summed E-state index contributed by atoms with van der Waals surface area (Å²) in [5, 5.41) is 8.81. The molecule has 0 aliphatic rings. The zero-order valence-corrected chi connectivity index (χ0v) is 14.3. The molecule has 0 fully saturated rings. The number of aromatic nitrogens is 4. The highest BCUT2D eigenvalue weighted by atomic mass is 31.1. The van der Waals surface area contributed by atoms with Crippen molar-refractivity contribution in [3.63, 3.8) is 0 Å². The van der Waals surface area contributed by atoms with Gasteiger partial charge in [-0.3, -0.25) is 4.98 Å². The van der Waals surface area contributed by atoms with Crippen molar-refractivity contribution in [3.8, 4) is 11.4 Å². The van der Waals surface area contributed by atoms with Crippen molar-refractivity contribution >= 4 is 18.9 Å². The SMILES string of the molecule is CC(C)P(c1cccc2c(-c3ccccn3)nnn12)C(C)C. The fourth-order valence-corrected chi connectivity index (χ4v) is 5.79. The van der Waals surface area contributed by atoms with Crippen LogP contribution in [0.3, 0.4) is 0 Å². The van der Waals surface area contributed by atoms with Gasteiger partial charge in [-0.2, -0.15) is 0 Å². The summed E-state index contributed by atoms with van der Waals surface area (Å²) < 4.78 is 2.01. The Morgan fingerprint density at radius 3 is 2.36 bits per heavy atom. The van der Waals surface area contributed by atoms with Crippen LogP contribution < -0.4 is 5.44 Å². The lowest BCUT2D eigenvalue weighted by Gasteiger charge is -2.26. The van der Waals surface area contributed by atoms with Crippen LogP contribution >= 0.6 is 7.92 Å².